The molecule has 8 nitrogen and oxygen atoms in total. The van der Waals surface area contributed by atoms with E-state index in [2.05, 4.69) is 4.99 Å². The molecule has 0 unspecified atom stereocenters. The molecular weight excluding hydrogens is 450 g/mol. The Bertz CT molecular complexity index is 1160. The van der Waals surface area contributed by atoms with Crippen LogP contribution in [0.25, 0.3) is 0 Å². The van der Waals surface area contributed by atoms with Crippen molar-refractivity contribution in [3.8, 4) is 0 Å². The molecule has 0 radical (unpaired) electrons. The smallest absolute Gasteiger partial charge is 0.350 e. The third kappa shape index (κ3) is 5.02. The Morgan fingerprint density at radius 3 is 2.41 bits per heavy atom. The van der Waals surface area contributed by atoms with Gasteiger partial charge in [-0.05, 0) is 51.0 Å². The van der Waals surface area contributed by atoms with E-state index in [1.165, 1.54) is 28.6 Å². The summed E-state index contributed by atoms with van der Waals surface area (Å²) >= 11 is 1.08. The van der Waals surface area contributed by atoms with E-state index in [9.17, 15) is 18.0 Å². The summed E-state index contributed by atoms with van der Waals surface area (Å²) in [6.45, 7) is 3.75. The van der Waals surface area contributed by atoms with E-state index >= 15 is 0 Å². The quantitative estimate of drug-likeness (QED) is 0.592. The Labute approximate surface area is 192 Å². The number of benzene rings is 1. The first-order valence-corrected chi connectivity index (χ1v) is 12.9. The highest BCUT2D eigenvalue weighted by molar-refractivity contribution is 7.89. The number of thiazole rings is 1. The van der Waals surface area contributed by atoms with Gasteiger partial charge in [-0.3, -0.25) is 4.79 Å². The van der Waals surface area contributed by atoms with Crippen LogP contribution in [0, 0.1) is 6.92 Å². The zero-order chi connectivity index (χ0) is 23.5. The van der Waals surface area contributed by atoms with Crippen LogP contribution in [0.4, 0.5) is 0 Å². The zero-order valence-corrected chi connectivity index (χ0v) is 20.5. The molecule has 3 rings (SSSR count). The molecule has 1 aromatic heterocycles. The highest BCUT2D eigenvalue weighted by Gasteiger charge is 2.29. The van der Waals surface area contributed by atoms with Crippen LogP contribution in [0.1, 0.15) is 64.8 Å². The lowest BCUT2D eigenvalue weighted by molar-refractivity contribution is 0.0530. The molecule has 0 saturated heterocycles. The van der Waals surface area contributed by atoms with E-state index in [1.54, 1.807) is 32.5 Å². The fourth-order valence-electron chi connectivity index (χ4n) is 3.74. The number of nitrogens with zero attached hydrogens (tertiary/aromatic N) is 3. The summed E-state index contributed by atoms with van der Waals surface area (Å²) in [5, 5.41) is 0. The van der Waals surface area contributed by atoms with Gasteiger partial charge in [0.2, 0.25) is 10.0 Å². The second kappa shape index (κ2) is 10.1. The lowest BCUT2D eigenvalue weighted by Crippen LogP contribution is -2.38. The van der Waals surface area contributed by atoms with Crippen molar-refractivity contribution in [2.75, 3.05) is 13.7 Å². The molecule has 10 heteroatoms. The molecule has 1 aliphatic carbocycles. The second-order valence-electron chi connectivity index (χ2n) is 7.83. The molecule has 1 fully saturated rings. The number of esters is 1. The number of rotatable bonds is 6. The topological polar surface area (TPSA) is 98.0 Å². The van der Waals surface area contributed by atoms with E-state index in [-0.39, 0.29) is 23.1 Å². The number of sulfonamides is 1. The summed E-state index contributed by atoms with van der Waals surface area (Å²) in [5.41, 5.74) is 0.931. The number of hydrogen-bond acceptors (Lipinski definition) is 6. The van der Waals surface area contributed by atoms with Crippen LogP contribution in [0.5, 0.6) is 0 Å². The monoisotopic (exact) mass is 479 g/mol. The summed E-state index contributed by atoms with van der Waals surface area (Å²) in [6.07, 6.45) is 4.97. The first kappa shape index (κ1) is 24.3. The molecule has 0 atom stereocenters. The van der Waals surface area contributed by atoms with Gasteiger partial charge >= 0.3 is 5.97 Å². The molecule has 1 heterocycles. The number of hydrogen-bond donors (Lipinski definition) is 0. The van der Waals surface area contributed by atoms with Crippen LogP contribution in [0.3, 0.4) is 0 Å². The maximum absolute atomic E-state index is 13.0. The minimum atomic E-state index is -3.63. The number of carbonyl (C=O) groups is 2. The van der Waals surface area contributed by atoms with Crippen molar-refractivity contribution < 1.29 is 22.7 Å². The molecule has 174 valence electrons. The van der Waals surface area contributed by atoms with Crippen molar-refractivity contribution in [1.29, 1.82) is 0 Å². The summed E-state index contributed by atoms with van der Waals surface area (Å²) in [6, 6.07) is 5.85. The van der Waals surface area contributed by atoms with Gasteiger partial charge in [0.1, 0.15) is 4.88 Å². The Balaban J connectivity index is 1.82. The van der Waals surface area contributed by atoms with Gasteiger partial charge in [-0.2, -0.15) is 9.30 Å². The molecule has 0 spiro atoms. The Kier molecular flexibility index (Phi) is 7.68. The Hall–Kier alpha value is -2.30. The number of ether oxygens (including phenoxy) is 1. The Morgan fingerprint density at radius 1 is 1.19 bits per heavy atom. The minimum absolute atomic E-state index is 0.0146. The molecule has 0 aliphatic heterocycles. The van der Waals surface area contributed by atoms with E-state index in [0.717, 1.165) is 43.4 Å². The second-order valence-corrected chi connectivity index (χ2v) is 10.8. The normalized spacial score (nSPS) is 15.8. The van der Waals surface area contributed by atoms with E-state index in [1.807, 2.05) is 0 Å². The highest BCUT2D eigenvalue weighted by Crippen LogP contribution is 2.26. The summed E-state index contributed by atoms with van der Waals surface area (Å²) < 4.78 is 34.1. The van der Waals surface area contributed by atoms with Gasteiger partial charge in [0.05, 0.1) is 11.5 Å². The first-order valence-electron chi connectivity index (χ1n) is 10.7. The molecule has 1 aliphatic rings. The summed E-state index contributed by atoms with van der Waals surface area (Å²) in [5.74, 6) is -0.960. The average molecular weight is 480 g/mol. The number of carbonyl (C=O) groups excluding carboxylic acids is 2. The predicted molar refractivity (Wildman–Crippen MR) is 122 cm³/mol. The van der Waals surface area contributed by atoms with Crippen molar-refractivity contribution in [1.82, 2.24) is 8.87 Å². The predicted octanol–water partition coefficient (Wildman–Crippen LogP) is 3.27. The van der Waals surface area contributed by atoms with Gasteiger partial charge in [-0.15, -0.1) is 0 Å². The van der Waals surface area contributed by atoms with Gasteiger partial charge in [0.25, 0.3) is 5.91 Å². The van der Waals surface area contributed by atoms with Crippen LogP contribution < -0.4 is 4.80 Å². The molecule has 32 heavy (non-hydrogen) atoms. The van der Waals surface area contributed by atoms with Crippen LogP contribution in [-0.4, -0.2) is 48.9 Å². The number of aromatic nitrogens is 1. The van der Waals surface area contributed by atoms with Crippen LogP contribution in [-0.2, 0) is 21.8 Å². The molecule has 1 amide bonds. The van der Waals surface area contributed by atoms with Crippen LogP contribution >= 0.6 is 11.3 Å². The van der Waals surface area contributed by atoms with Crippen LogP contribution in [0.15, 0.2) is 34.2 Å². The average Bonchev–Trinajstić information content (AvgIpc) is 3.08. The van der Waals surface area contributed by atoms with Gasteiger partial charge in [-0.25, -0.2) is 13.2 Å². The molecular formula is C22H29N3O5S2. The van der Waals surface area contributed by atoms with Gasteiger partial charge in [-0.1, -0.05) is 30.6 Å². The lowest BCUT2D eigenvalue weighted by atomic mass is 9.96. The fourth-order valence-corrected chi connectivity index (χ4v) is 6.17. The first-order chi connectivity index (χ1) is 15.2. The van der Waals surface area contributed by atoms with E-state index in [4.69, 9.17) is 4.74 Å². The molecule has 2 aromatic rings. The van der Waals surface area contributed by atoms with Gasteiger partial charge < -0.3 is 9.30 Å². The van der Waals surface area contributed by atoms with E-state index in [0.29, 0.717) is 15.4 Å². The van der Waals surface area contributed by atoms with Crippen molar-refractivity contribution >= 4 is 33.2 Å². The maximum atomic E-state index is 13.0. The fraction of sp³-hybridized carbons (Fsp3) is 0.500. The standard InChI is InChI=1S/C22H29N3O5S2/c1-5-30-21(27)19-15(2)24(3)22(31-19)23-20(26)16-11-13-18(14-12-16)32(28,29)25(4)17-9-7-6-8-10-17/h11-14,17H,5-10H2,1-4H3. The summed E-state index contributed by atoms with van der Waals surface area (Å²) in [7, 11) is -0.281. The molecule has 1 aromatic carbocycles. The van der Waals surface area contributed by atoms with Gasteiger partial charge in [0, 0.05) is 31.4 Å². The van der Waals surface area contributed by atoms with Crippen LogP contribution in [0.2, 0.25) is 0 Å². The molecule has 0 N–H and O–H groups in total. The van der Waals surface area contributed by atoms with Gasteiger partial charge in [0.15, 0.2) is 4.80 Å². The van der Waals surface area contributed by atoms with Crippen molar-refractivity contribution in [2.45, 2.75) is 56.9 Å². The summed E-state index contributed by atoms with van der Waals surface area (Å²) in [4.78, 5) is 29.8. The minimum Gasteiger partial charge on any atom is -0.462 e. The maximum Gasteiger partial charge on any atom is 0.350 e. The van der Waals surface area contributed by atoms with Crippen molar-refractivity contribution in [3.05, 3.63) is 45.2 Å². The lowest BCUT2D eigenvalue weighted by Gasteiger charge is -2.30. The van der Waals surface area contributed by atoms with Crippen molar-refractivity contribution in [3.63, 3.8) is 0 Å². The zero-order valence-electron chi connectivity index (χ0n) is 18.8. The SMILES string of the molecule is CCOC(=O)c1sc(=NC(=O)c2ccc(S(=O)(=O)N(C)C3CCCCC3)cc2)n(C)c1C. The van der Waals surface area contributed by atoms with Crippen molar-refractivity contribution in [2.24, 2.45) is 12.0 Å². The van der Waals surface area contributed by atoms with E-state index < -0.39 is 21.9 Å². The molecule has 0 bridgehead atoms. The third-order valence-corrected chi connectivity index (χ3v) is 8.98. The Morgan fingerprint density at radius 2 is 1.81 bits per heavy atom. The highest BCUT2D eigenvalue weighted by atomic mass is 32.2. The largest absolute Gasteiger partial charge is 0.462 e. The third-order valence-electron chi connectivity index (χ3n) is 5.84. The number of amides is 1. The molecule has 1 saturated carbocycles.